The number of nitriles is 1. The van der Waals surface area contributed by atoms with Crippen LogP contribution in [0.1, 0.15) is 43.2 Å². The van der Waals surface area contributed by atoms with Crippen LogP contribution >= 0.6 is 0 Å². The smallest absolute Gasteiger partial charge is 0.229 e. The molecule has 5 heteroatoms. The highest BCUT2D eigenvalue weighted by atomic mass is 16.5. The van der Waals surface area contributed by atoms with E-state index in [1.54, 1.807) is 7.11 Å². The summed E-state index contributed by atoms with van der Waals surface area (Å²) in [5.41, 5.74) is 0.646. The largest absolute Gasteiger partial charge is 0.496 e. The number of rotatable bonds is 5. The number of methoxy groups -OCH3 is 1. The molecule has 2 aliphatic rings. The zero-order valence-electron chi connectivity index (χ0n) is 18.2. The summed E-state index contributed by atoms with van der Waals surface area (Å²) in [5, 5.41) is 21.4. The summed E-state index contributed by atoms with van der Waals surface area (Å²) in [5.74, 6) is 0.710. The number of nitrogens with zero attached hydrogens (tertiary/aromatic N) is 2. The van der Waals surface area contributed by atoms with Crippen molar-refractivity contribution in [3.05, 3.63) is 65.7 Å². The first kappa shape index (κ1) is 21.4. The van der Waals surface area contributed by atoms with Gasteiger partial charge in [0, 0.05) is 31.0 Å². The van der Waals surface area contributed by atoms with Gasteiger partial charge in [0.15, 0.2) is 0 Å². The Bertz CT molecular complexity index is 970. The Kier molecular flexibility index (Phi) is 6.02. The molecule has 5 atom stereocenters. The van der Waals surface area contributed by atoms with E-state index >= 15 is 0 Å². The molecule has 5 nitrogen and oxygen atoms in total. The Hall–Kier alpha value is -2.84. The third-order valence-corrected chi connectivity index (χ3v) is 7.23. The Morgan fingerprint density at radius 3 is 2.65 bits per heavy atom. The summed E-state index contributed by atoms with van der Waals surface area (Å²) in [6.45, 7) is 3.10. The van der Waals surface area contributed by atoms with E-state index in [9.17, 15) is 15.2 Å². The number of fused-ring (bicyclic) bond motifs is 1. The maximum atomic E-state index is 13.3. The third-order valence-electron chi connectivity index (χ3n) is 7.23. The summed E-state index contributed by atoms with van der Waals surface area (Å²) < 4.78 is 5.57. The predicted octanol–water partition coefficient (Wildman–Crippen LogP) is 4.08. The van der Waals surface area contributed by atoms with Gasteiger partial charge in [0.1, 0.15) is 5.75 Å². The molecule has 0 aromatic heterocycles. The van der Waals surface area contributed by atoms with Crippen molar-refractivity contribution >= 4 is 5.91 Å². The Morgan fingerprint density at radius 2 is 1.94 bits per heavy atom. The van der Waals surface area contributed by atoms with Gasteiger partial charge in [-0.1, -0.05) is 48.5 Å². The monoisotopic (exact) mass is 418 g/mol. The van der Waals surface area contributed by atoms with Crippen LogP contribution in [0.15, 0.2) is 54.6 Å². The highest BCUT2D eigenvalue weighted by Crippen LogP contribution is 2.53. The fourth-order valence-corrected chi connectivity index (χ4v) is 5.69. The molecule has 1 saturated carbocycles. The van der Waals surface area contributed by atoms with Gasteiger partial charge in [-0.25, -0.2) is 0 Å². The number of ether oxygens (including phenoxy) is 1. The Labute approximate surface area is 184 Å². The van der Waals surface area contributed by atoms with E-state index in [1.165, 1.54) is 0 Å². The van der Waals surface area contributed by atoms with E-state index in [1.807, 2.05) is 66.4 Å². The number of benzene rings is 2. The molecule has 1 heterocycles. The van der Waals surface area contributed by atoms with Crippen LogP contribution < -0.4 is 4.74 Å². The molecule has 1 aliphatic carbocycles. The maximum Gasteiger partial charge on any atom is 0.229 e. The highest BCUT2D eigenvalue weighted by Gasteiger charge is 2.54. The molecule has 2 fully saturated rings. The molecule has 0 spiro atoms. The molecule has 2 aromatic rings. The van der Waals surface area contributed by atoms with Gasteiger partial charge in [-0.2, -0.15) is 5.26 Å². The lowest BCUT2D eigenvalue weighted by Crippen LogP contribution is -2.46. The third kappa shape index (κ3) is 3.93. The number of hydrogen-bond donors (Lipinski definition) is 1. The van der Waals surface area contributed by atoms with E-state index in [4.69, 9.17) is 4.74 Å². The molecule has 2 aromatic carbocycles. The molecule has 1 saturated heterocycles. The SMILES string of the molecule is COc1ccccc1[C@]1(O)C[C@H](CC#N)C[C@H]2CN(C(=O)[C@@H](C)c3ccccc3)C[C@H]21. The van der Waals surface area contributed by atoms with Crippen molar-refractivity contribution in [3.63, 3.8) is 0 Å². The lowest BCUT2D eigenvalue weighted by atomic mass is 9.63. The molecular formula is C26H30N2O3. The average molecular weight is 419 g/mol. The van der Waals surface area contributed by atoms with Gasteiger partial charge < -0.3 is 14.7 Å². The second kappa shape index (κ2) is 8.72. The van der Waals surface area contributed by atoms with Crippen molar-refractivity contribution in [3.8, 4) is 11.8 Å². The van der Waals surface area contributed by atoms with E-state index in [2.05, 4.69) is 6.07 Å². The predicted molar refractivity (Wildman–Crippen MR) is 118 cm³/mol. The minimum atomic E-state index is -1.12. The summed E-state index contributed by atoms with van der Waals surface area (Å²) in [6, 6.07) is 19.7. The lowest BCUT2D eigenvalue weighted by Gasteiger charge is -2.45. The van der Waals surface area contributed by atoms with Crippen LogP contribution in [0.2, 0.25) is 0 Å². The number of para-hydroxylation sites is 1. The van der Waals surface area contributed by atoms with Crippen LogP contribution in [-0.4, -0.2) is 36.1 Å². The molecule has 162 valence electrons. The first-order valence-electron chi connectivity index (χ1n) is 11.0. The van der Waals surface area contributed by atoms with Crippen molar-refractivity contribution in [1.82, 2.24) is 4.90 Å². The van der Waals surface area contributed by atoms with Gasteiger partial charge in [-0.3, -0.25) is 4.79 Å². The minimum absolute atomic E-state index is 0.0781. The van der Waals surface area contributed by atoms with Gasteiger partial charge in [0.05, 0.1) is 24.7 Å². The number of carbonyl (C=O) groups is 1. The van der Waals surface area contributed by atoms with Crippen molar-refractivity contribution in [2.24, 2.45) is 17.8 Å². The molecule has 1 N–H and O–H groups in total. The first-order chi connectivity index (χ1) is 15.0. The van der Waals surface area contributed by atoms with Gasteiger partial charge in [0.2, 0.25) is 5.91 Å². The molecule has 1 aliphatic heterocycles. The molecule has 1 amide bonds. The van der Waals surface area contributed by atoms with Crippen LogP contribution in [0.5, 0.6) is 5.75 Å². The summed E-state index contributed by atoms with van der Waals surface area (Å²) in [6.07, 6.45) is 1.78. The van der Waals surface area contributed by atoms with Crippen molar-refractivity contribution in [2.75, 3.05) is 20.2 Å². The number of aliphatic hydroxyl groups is 1. The lowest BCUT2D eigenvalue weighted by molar-refractivity contribution is -0.132. The first-order valence-corrected chi connectivity index (χ1v) is 11.0. The topological polar surface area (TPSA) is 73.6 Å². The number of amides is 1. The number of likely N-dealkylation sites (tertiary alicyclic amines) is 1. The van der Waals surface area contributed by atoms with Crippen LogP contribution in [0.25, 0.3) is 0 Å². The zero-order chi connectivity index (χ0) is 22.0. The fraction of sp³-hybridized carbons (Fsp3) is 0.462. The van der Waals surface area contributed by atoms with Crippen molar-refractivity contribution in [2.45, 2.75) is 37.7 Å². The average Bonchev–Trinajstić information content (AvgIpc) is 3.24. The van der Waals surface area contributed by atoms with Gasteiger partial charge >= 0.3 is 0 Å². The molecular weight excluding hydrogens is 388 g/mol. The molecule has 0 unspecified atom stereocenters. The van der Waals surface area contributed by atoms with E-state index in [0.717, 1.165) is 17.5 Å². The fourth-order valence-electron chi connectivity index (χ4n) is 5.69. The maximum absolute atomic E-state index is 13.3. The normalized spacial score (nSPS) is 28.5. The quantitative estimate of drug-likeness (QED) is 0.794. The molecule has 0 bridgehead atoms. The Morgan fingerprint density at radius 1 is 1.23 bits per heavy atom. The van der Waals surface area contributed by atoms with Crippen LogP contribution in [0, 0.1) is 29.1 Å². The number of carbonyl (C=O) groups excluding carboxylic acids is 1. The van der Waals surface area contributed by atoms with Crippen LogP contribution in [0.4, 0.5) is 0 Å². The zero-order valence-corrected chi connectivity index (χ0v) is 18.2. The standard InChI is InChI=1S/C26H30N2O3/c1-18(20-8-4-3-5-9-20)25(29)28-16-21-14-19(12-13-27)15-26(30,23(21)17-28)22-10-6-7-11-24(22)31-2/h3-11,18-19,21,23,30H,12,14-17H2,1-2H3/t18-,19+,21-,23+,26+/m0/s1. The molecule has 0 radical (unpaired) electrons. The summed E-state index contributed by atoms with van der Waals surface area (Å²) in [4.78, 5) is 15.3. The molecule has 31 heavy (non-hydrogen) atoms. The van der Waals surface area contributed by atoms with E-state index in [0.29, 0.717) is 31.7 Å². The Balaban J connectivity index is 1.64. The summed E-state index contributed by atoms with van der Waals surface area (Å²) in [7, 11) is 1.61. The number of hydrogen-bond acceptors (Lipinski definition) is 4. The van der Waals surface area contributed by atoms with Gasteiger partial charge in [-0.15, -0.1) is 0 Å². The highest BCUT2D eigenvalue weighted by molar-refractivity contribution is 5.83. The van der Waals surface area contributed by atoms with Gasteiger partial charge in [0.25, 0.3) is 0 Å². The second-order valence-corrected chi connectivity index (χ2v) is 9.03. The van der Waals surface area contributed by atoms with E-state index in [-0.39, 0.29) is 29.6 Å². The van der Waals surface area contributed by atoms with Gasteiger partial charge in [-0.05, 0) is 43.2 Å². The van der Waals surface area contributed by atoms with Crippen molar-refractivity contribution < 1.29 is 14.6 Å². The van der Waals surface area contributed by atoms with Crippen LogP contribution in [0.3, 0.4) is 0 Å². The van der Waals surface area contributed by atoms with Crippen LogP contribution in [-0.2, 0) is 10.4 Å². The minimum Gasteiger partial charge on any atom is -0.496 e. The van der Waals surface area contributed by atoms with Crippen molar-refractivity contribution in [1.29, 1.82) is 5.26 Å². The second-order valence-electron chi connectivity index (χ2n) is 9.03. The summed E-state index contributed by atoms with van der Waals surface area (Å²) >= 11 is 0. The van der Waals surface area contributed by atoms with E-state index < -0.39 is 5.60 Å². The molecule has 4 rings (SSSR count).